The van der Waals surface area contributed by atoms with Gasteiger partial charge in [-0.25, -0.2) is 110 Å². The predicted molar refractivity (Wildman–Crippen MR) is 513 cm³/mol. The third-order valence-corrected chi connectivity index (χ3v) is 20.3. The van der Waals surface area contributed by atoms with Crippen molar-refractivity contribution in [3.05, 3.63) is 209 Å². The van der Waals surface area contributed by atoms with Gasteiger partial charge in [-0.3, -0.25) is 4.79 Å². The van der Waals surface area contributed by atoms with Gasteiger partial charge in [-0.15, -0.1) is 0 Å². The Kier molecular flexibility index (Phi) is 63.3. The van der Waals surface area contributed by atoms with Gasteiger partial charge in [0.2, 0.25) is 0 Å². The minimum absolute atomic E-state index is 0.0372. The molecule has 0 radical (unpaired) electrons. The van der Waals surface area contributed by atoms with E-state index in [2.05, 4.69) is 108 Å². The normalized spacial score (nSPS) is 11.0. The van der Waals surface area contributed by atoms with E-state index in [-0.39, 0.29) is 77.8 Å². The number of nitrogens with zero attached hydrogens (tertiary/aromatic N) is 3. The zero-order valence-electron chi connectivity index (χ0n) is 82.2. The predicted octanol–water partition coefficient (Wildman–Crippen LogP) is 4.77. The Hall–Kier alpha value is -15.5. The number of alkyl carbamates (subject to hydrolysis) is 3. The van der Waals surface area contributed by atoms with Gasteiger partial charge in [0, 0.05) is 131 Å². The van der Waals surface area contributed by atoms with E-state index < -0.39 is 316 Å². The topological polar surface area (TPSA) is 603 Å². The molecule has 1 heterocycles. The number of rotatable bonds is 83. The van der Waals surface area contributed by atoms with Gasteiger partial charge in [0.1, 0.15) is 119 Å². The zero-order chi connectivity index (χ0) is 109. The SMILES string of the molecule is C=CC(=O)OCC(COCC(COC(=O)C=C)(COC(=O)C=C)COC(=O)NCCCCCCn1c(=O)n(CCCCCCNC(=O)OCC(COCC(COC(=O)C=C)(COC(=O)C=C)COC(=O)C=C)(COC(=O)C=C)COC(=O)C=C)c(=O)n(CCCCCCNC(=O)OCC(COCC(COC(=O)C=C)(COC(=O)C=C)COC(=O)C=C)(COC(=O)C=C)COC(=O)C=C)c1=O)(COC(C)=O)COC(=O)C=C. The van der Waals surface area contributed by atoms with Crippen molar-refractivity contribution in [2.75, 3.05) is 178 Å². The van der Waals surface area contributed by atoms with Crippen molar-refractivity contribution in [1.29, 1.82) is 0 Å². The van der Waals surface area contributed by atoms with Crippen LogP contribution in [0.3, 0.4) is 0 Å². The average Bonchev–Trinajstić information content (AvgIpc) is 0.779. The molecule has 0 spiro atoms. The van der Waals surface area contributed by atoms with E-state index in [0.29, 0.717) is 38.5 Å². The molecule has 0 atom stereocenters. The Morgan fingerprint density at radius 1 is 0.199 bits per heavy atom. The fourth-order valence-electron chi connectivity index (χ4n) is 12.1. The molecule has 0 aliphatic heterocycles. The van der Waals surface area contributed by atoms with Gasteiger partial charge in [-0.05, 0) is 38.5 Å². The van der Waals surface area contributed by atoms with Crippen LogP contribution in [-0.2, 0) is 191 Å². The van der Waals surface area contributed by atoms with E-state index in [9.17, 15) is 101 Å². The van der Waals surface area contributed by atoms with Gasteiger partial charge in [0.25, 0.3) is 0 Å². The molecule has 0 aliphatic carbocycles. The molecular formula is C98H132N6O42. The number of esters is 15. The molecule has 48 nitrogen and oxygen atoms in total. The van der Waals surface area contributed by atoms with Gasteiger partial charge in [0.05, 0.1) is 72.1 Å². The first-order valence-electron chi connectivity index (χ1n) is 45.2. The van der Waals surface area contributed by atoms with Gasteiger partial charge >= 0.3 is 125 Å². The van der Waals surface area contributed by atoms with Crippen LogP contribution in [0.2, 0.25) is 0 Å². The summed E-state index contributed by atoms with van der Waals surface area (Å²) in [7, 11) is 0. The monoisotopic (exact) mass is 2060 g/mol. The van der Waals surface area contributed by atoms with Crippen LogP contribution in [0.4, 0.5) is 14.4 Å². The minimum Gasteiger partial charge on any atom is -0.465 e. The second kappa shape index (κ2) is 71.9. The molecule has 806 valence electrons. The van der Waals surface area contributed by atoms with Crippen molar-refractivity contribution in [3.8, 4) is 0 Å². The van der Waals surface area contributed by atoms with Crippen LogP contribution in [0.15, 0.2) is 192 Å². The smallest absolute Gasteiger partial charge is 0.407 e. The molecule has 0 fully saturated rings. The quantitative estimate of drug-likeness (QED) is 0.0342. The lowest BCUT2D eigenvalue weighted by Crippen LogP contribution is -2.54. The standard InChI is InChI=1S/C98H132N6O42/c1-16-73(106)130-55-93(54-129-72(15)105,56-131-74(107)17-2)48-126-51-96(63-138-81(114)24-9,64-139-82(115)25-10)69-144-87(120)99-42-36-30-33-39-45-102-90(123)103(46-40-34-31-37-43-100-88(121)145-70-97(65-140-83(116)26-11,66-141-84(117)27-12)52-127-49-94(57-132-75(108)18-3,58-133-76(109)19-4)59-134-77(110)20-5)92(125)104(91(102)124)47-41-35-32-38-44-101-89(122)146-71-98(67-142-85(118)28-13,68-143-86(119)29-14)53-128-50-95(60-135-78(111)21-6,61-136-79(112)22-7)62-137-80(113)23-8/h16-29H,1-14,30-71H2,15H3,(H,99,120)(H,100,121)(H,101,122). The summed E-state index contributed by atoms with van der Waals surface area (Å²) in [5.74, 6) is -14.1. The van der Waals surface area contributed by atoms with E-state index in [1.54, 1.807) is 0 Å². The Bertz CT molecular complexity index is 4410. The van der Waals surface area contributed by atoms with Gasteiger partial charge in [0.15, 0.2) is 0 Å². The van der Waals surface area contributed by atoms with Crippen molar-refractivity contribution in [2.45, 2.75) is 104 Å². The molecule has 0 bridgehead atoms. The number of nitrogens with one attached hydrogen (secondary N) is 3. The zero-order valence-corrected chi connectivity index (χ0v) is 82.2. The third kappa shape index (κ3) is 53.0. The average molecular weight is 2070 g/mol. The highest BCUT2D eigenvalue weighted by Crippen LogP contribution is 2.31. The molecule has 3 N–H and O–H groups in total. The lowest BCUT2D eigenvalue weighted by Gasteiger charge is -2.35. The summed E-state index contributed by atoms with van der Waals surface area (Å²) in [6.45, 7) is 32.3. The van der Waals surface area contributed by atoms with E-state index in [4.69, 9.17) is 99.5 Å². The van der Waals surface area contributed by atoms with Crippen LogP contribution in [-0.4, -0.2) is 300 Å². The largest absolute Gasteiger partial charge is 0.465 e. The highest BCUT2D eigenvalue weighted by atomic mass is 16.6. The first kappa shape index (κ1) is 129. The molecule has 48 heteroatoms. The lowest BCUT2D eigenvalue weighted by molar-refractivity contribution is -0.171. The molecule has 1 aromatic heterocycles. The summed E-state index contributed by atoms with van der Waals surface area (Å²) in [5, 5.41) is 7.73. The maximum absolute atomic E-state index is 14.4. The van der Waals surface area contributed by atoms with Crippen molar-refractivity contribution in [2.24, 2.45) is 32.5 Å². The van der Waals surface area contributed by atoms with E-state index in [1.807, 2.05) is 0 Å². The Balaban J connectivity index is 3.75. The summed E-state index contributed by atoms with van der Waals surface area (Å²) in [6, 6.07) is 0. The highest BCUT2D eigenvalue weighted by molar-refractivity contribution is 5.86. The maximum Gasteiger partial charge on any atom is 0.407 e. The molecule has 0 saturated carbocycles. The van der Waals surface area contributed by atoms with Crippen molar-refractivity contribution < 1.29 is 186 Å². The third-order valence-electron chi connectivity index (χ3n) is 20.3. The van der Waals surface area contributed by atoms with Gasteiger partial charge in [-0.2, -0.15) is 0 Å². The number of aromatic nitrogens is 3. The van der Waals surface area contributed by atoms with Crippen LogP contribution in [0.1, 0.15) is 84.0 Å². The summed E-state index contributed by atoms with van der Waals surface area (Å²) in [6.07, 6.45) is 11.8. The van der Waals surface area contributed by atoms with Crippen molar-refractivity contribution >= 4 is 108 Å². The molecule has 0 saturated heterocycles. The summed E-state index contributed by atoms with van der Waals surface area (Å²) in [4.78, 5) is 269. The molecular weight excluding hydrogens is 1930 g/mol. The Morgan fingerprint density at radius 3 is 0.466 bits per heavy atom. The number of unbranched alkanes of at least 4 members (excludes halogenated alkanes) is 9. The van der Waals surface area contributed by atoms with Crippen LogP contribution in [0.25, 0.3) is 0 Å². The molecule has 0 unspecified atom stereocenters. The number of carbonyl (C=O) groups is 18. The minimum atomic E-state index is -1.76. The number of amides is 3. The lowest BCUT2D eigenvalue weighted by atomic mass is 9.90. The summed E-state index contributed by atoms with van der Waals surface area (Å²) in [5.41, 5.74) is -13.1. The van der Waals surface area contributed by atoms with Crippen LogP contribution >= 0.6 is 0 Å². The Morgan fingerprint density at radius 2 is 0.329 bits per heavy atom. The highest BCUT2D eigenvalue weighted by Gasteiger charge is 2.45. The van der Waals surface area contributed by atoms with Crippen LogP contribution in [0.5, 0.6) is 0 Å². The van der Waals surface area contributed by atoms with E-state index >= 15 is 0 Å². The number of ether oxygens (including phenoxy) is 21. The number of carbonyl (C=O) groups excluding carboxylic acids is 18. The van der Waals surface area contributed by atoms with Gasteiger partial charge < -0.3 is 115 Å². The van der Waals surface area contributed by atoms with E-state index in [1.165, 1.54) is 0 Å². The number of hydrogen-bond acceptors (Lipinski definition) is 42. The van der Waals surface area contributed by atoms with Gasteiger partial charge in [-0.1, -0.05) is 131 Å². The molecule has 1 aromatic rings. The fourth-order valence-corrected chi connectivity index (χ4v) is 12.1. The second-order valence-electron chi connectivity index (χ2n) is 32.7. The van der Waals surface area contributed by atoms with Crippen LogP contribution < -0.4 is 33.0 Å². The summed E-state index contributed by atoms with van der Waals surface area (Å²) >= 11 is 0. The molecule has 3 amide bonds. The van der Waals surface area contributed by atoms with E-state index in [0.717, 1.165) is 106 Å². The van der Waals surface area contributed by atoms with Crippen molar-refractivity contribution in [1.82, 2.24) is 29.7 Å². The first-order valence-corrected chi connectivity index (χ1v) is 45.2. The molecule has 146 heavy (non-hydrogen) atoms. The molecule has 1 rings (SSSR count). The Labute approximate surface area is 842 Å². The number of hydrogen-bond donors (Lipinski definition) is 3. The van der Waals surface area contributed by atoms with Crippen molar-refractivity contribution in [3.63, 3.8) is 0 Å². The molecule has 0 aromatic carbocycles. The second-order valence-corrected chi connectivity index (χ2v) is 32.7. The summed E-state index contributed by atoms with van der Waals surface area (Å²) < 4.78 is 117. The fraction of sp³-hybridized carbons (Fsp3) is 0.500. The molecule has 0 aliphatic rings. The maximum atomic E-state index is 14.4. The van der Waals surface area contributed by atoms with Crippen LogP contribution in [0, 0.1) is 32.5 Å². The first-order chi connectivity index (χ1) is 69.6.